The lowest BCUT2D eigenvalue weighted by Gasteiger charge is -2.20. The van der Waals surface area contributed by atoms with Gasteiger partial charge in [0.2, 0.25) is 0 Å². The van der Waals surface area contributed by atoms with Gasteiger partial charge in [-0.25, -0.2) is 0 Å². The fraction of sp³-hybridized carbons (Fsp3) is 0. The molecule has 0 N–H and O–H groups in total. The normalized spacial score (nSPS) is 19.9. The van der Waals surface area contributed by atoms with Crippen LogP contribution in [0.4, 0.5) is 0 Å². The maximum Gasteiger partial charge on any atom is 0.136 e. The summed E-state index contributed by atoms with van der Waals surface area (Å²) in [5.41, 5.74) is -5.40. The van der Waals surface area contributed by atoms with Crippen LogP contribution < -0.4 is 0 Å². The Kier molecular flexibility index (Phi) is 2.56. The van der Waals surface area contributed by atoms with E-state index >= 15 is 0 Å². The van der Waals surface area contributed by atoms with Crippen LogP contribution in [0.5, 0.6) is 0 Å². The monoisotopic (exact) mass is 675 g/mol. The Morgan fingerprint density at radius 3 is 1.67 bits per heavy atom. The molecule has 0 saturated carbocycles. The van der Waals surface area contributed by atoms with Gasteiger partial charge in [-0.15, -0.1) is 0 Å². The van der Waals surface area contributed by atoms with Crippen molar-refractivity contribution in [1.29, 1.82) is 0 Å². The second-order valence-corrected chi connectivity index (χ2v) is 11.3. The van der Waals surface area contributed by atoms with E-state index in [0.717, 1.165) is 6.07 Å². The van der Waals surface area contributed by atoms with Gasteiger partial charge in [-0.2, -0.15) is 0 Å². The highest BCUT2D eigenvalue weighted by molar-refractivity contribution is 6.25. The Hall–Kier alpha value is -6.70. The van der Waals surface area contributed by atoms with Crippen molar-refractivity contribution < 1.29 is 44.2 Å². The van der Waals surface area contributed by atoms with Crippen LogP contribution in [0.15, 0.2) is 186 Å². The highest BCUT2D eigenvalue weighted by Crippen LogP contribution is 2.47. The molecule has 0 aliphatic rings. The van der Waals surface area contributed by atoms with Gasteiger partial charge in [-0.1, -0.05) is 157 Å². The Morgan fingerprint density at radius 1 is 0.314 bits per heavy atom. The first-order valence-electron chi connectivity index (χ1n) is 29.7. The van der Waals surface area contributed by atoms with Gasteiger partial charge in [0.05, 0.1) is 39.8 Å². The number of fused-ring (bicyclic) bond motifs is 8. The van der Waals surface area contributed by atoms with Gasteiger partial charge in [0, 0.05) is 10.8 Å². The first kappa shape index (κ1) is 12.0. The molecule has 11 rings (SSSR count). The molecular weight excluding hydrogens is 617 g/mol. The van der Waals surface area contributed by atoms with Crippen LogP contribution in [0, 0.1) is 0 Å². The summed E-state index contributed by atoms with van der Waals surface area (Å²) in [6.07, 6.45) is 0. The average Bonchev–Trinajstić information content (AvgIpc) is 3.24. The molecule has 236 valence electrons. The van der Waals surface area contributed by atoms with Gasteiger partial charge in [0.15, 0.2) is 0 Å². The van der Waals surface area contributed by atoms with Crippen molar-refractivity contribution in [3.8, 4) is 33.4 Å². The van der Waals surface area contributed by atoms with Crippen LogP contribution in [-0.4, -0.2) is 0 Å². The molecule has 0 fully saturated rings. The maximum atomic E-state index is 9.94. The van der Waals surface area contributed by atoms with E-state index in [1.165, 1.54) is 0 Å². The number of hydrogen-bond donors (Lipinski definition) is 0. The standard InChI is InChI=1S/C50H30O/c1-2-14-33-30-48-46(28-32(33)13-1)45-29-34(24-27-47(45)51-48)49-40-19-7-9-21-42(40)50(43-22-10-8-20-41(43)49)44-26-25-39(37-17-5-6-18-38(37)44)36-23-11-15-31-12-3-4-16-35(31)36/h1-30H/i1D,2D,3D,4D,5D,6D,7D,8D,9D,10D,11D,12D,13D,14D,15D,16D,17D,18D,19D,20D,21D,23D,24D,25D,26D,27D,28D,29D,30D. The fourth-order valence-electron chi connectivity index (χ4n) is 6.49. The van der Waals surface area contributed by atoms with Crippen molar-refractivity contribution in [1.82, 2.24) is 0 Å². The summed E-state index contributed by atoms with van der Waals surface area (Å²) in [4.78, 5) is 0. The molecule has 0 atom stereocenters. The molecular formula is C50H30O. The predicted molar refractivity (Wildman–Crippen MR) is 218 cm³/mol. The number of furan rings is 1. The highest BCUT2D eigenvalue weighted by atomic mass is 16.3. The Labute approximate surface area is 335 Å². The van der Waals surface area contributed by atoms with E-state index < -0.39 is 284 Å². The van der Waals surface area contributed by atoms with Gasteiger partial charge in [0.1, 0.15) is 11.2 Å². The van der Waals surface area contributed by atoms with E-state index in [1.54, 1.807) is 0 Å². The quantitative estimate of drug-likeness (QED) is 0.170. The minimum absolute atomic E-state index is 0.447. The molecule has 10 aromatic carbocycles. The van der Waals surface area contributed by atoms with Gasteiger partial charge in [-0.05, 0) is 111 Å². The van der Waals surface area contributed by atoms with Crippen molar-refractivity contribution in [2.75, 3.05) is 0 Å². The molecule has 0 bridgehead atoms. The van der Waals surface area contributed by atoms with Crippen molar-refractivity contribution in [3.63, 3.8) is 0 Å². The Morgan fingerprint density at radius 2 is 0.863 bits per heavy atom. The molecule has 0 radical (unpaired) electrons. The number of rotatable bonds is 3. The third-order valence-corrected chi connectivity index (χ3v) is 8.65. The van der Waals surface area contributed by atoms with Crippen LogP contribution in [0.25, 0.3) is 109 Å². The third kappa shape index (κ3) is 4.22. The molecule has 0 spiro atoms. The lowest BCUT2D eigenvalue weighted by molar-refractivity contribution is 0.669. The second kappa shape index (κ2) is 10.9. The molecule has 1 nitrogen and oxygen atoms in total. The van der Waals surface area contributed by atoms with Gasteiger partial charge >= 0.3 is 0 Å². The number of hydrogen-bond acceptors (Lipinski definition) is 1. The average molecular weight is 676 g/mol. The van der Waals surface area contributed by atoms with Crippen LogP contribution in [0.2, 0.25) is 0 Å². The molecule has 1 heteroatoms. The zero-order chi connectivity index (χ0) is 58.7. The molecule has 0 saturated heterocycles. The molecule has 0 unspecified atom stereocenters. The van der Waals surface area contributed by atoms with E-state index in [-0.39, 0.29) is 0 Å². The summed E-state index contributed by atoms with van der Waals surface area (Å²) in [5, 5.41) is -7.16. The summed E-state index contributed by atoms with van der Waals surface area (Å²) in [5.74, 6) is 0. The highest BCUT2D eigenvalue weighted by Gasteiger charge is 2.20. The summed E-state index contributed by atoms with van der Waals surface area (Å²) < 4.78 is 270. The van der Waals surface area contributed by atoms with Crippen LogP contribution in [0.3, 0.4) is 0 Å². The molecule has 1 heterocycles. The van der Waals surface area contributed by atoms with Crippen molar-refractivity contribution in [2.24, 2.45) is 0 Å². The molecule has 11 aromatic rings. The van der Waals surface area contributed by atoms with Crippen molar-refractivity contribution >= 4 is 75.8 Å². The fourth-order valence-corrected chi connectivity index (χ4v) is 6.49. The molecule has 51 heavy (non-hydrogen) atoms. The Balaban J connectivity index is 1.42. The molecule has 0 aliphatic carbocycles. The minimum Gasteiger partial charge on any atom is -0.456 e. The van der Waals surface area contributed by atoms with E-state index in [1.807, 2.05) is 0 Å². The third-order valence-electron chi connectivity index (χ3n) is 8.65. The van der Waals surface area contributed by atoms with Gasteiger partial charge in [-0.3, -0.25) is 0 Å². The maximum absolute atomic E-state index is 9.94. The van der Waals surface area contributed by atoms with Crippen LogP contribution in [0.1, 0.15) is 39.8 Å². The first-order valence-corrected chi connectivity index (χ1v) is 15.2. The van der Waals surface area contributed by atoms with E-state index in [4.69, 9.17) is 27.7 Å². The smallest absolute Gasteiger partial charge is 0.136 e. The van der Waals surface area contributed by atoms with Gasteiger partial charge in [0.25, 0.3) is 0 Å². The van der Waals surface area contributed by atoms with E-state index in [9.17, 15) is 16.4 Å². The first-order chi connectivity index (χ1) is 37.4. The minimum atomic E-state index is -1.07. The van der Waals surface area contributed by atoms with Crippen LogP contribution >= 0.6 is 0 Å². The lowest BCUT2D eigenvalue weighted by Crippen LogP contribution is -1.92. The molecule has 1 aromatic heterocycles. The zero-order valence-electron chi connectivity index (χ0n) is 54.5. The topological polar surface area (TPSA) is 13.1 Å². The largest absolute Gasteiger partial charge is 0.456 e. The summed E-state index contributed by atoms with van der Waals surface area (Å²) >= 11 is 0. The predicted octanol–water partition coefficient (Wildman–Crippen LogP) is 14.4. The summed E-state index contributed by atoms with van der Waals surface area (Å²) in [6.45, 7) is 0. The van der Waals surface area contributed by atoms with Crippen molar-refractivity contribution in [3.05, 3.63) is 181 Å². The molecule has 0 amide bonds. The summed E-state index contributed by atoms with van der Waals surface area (Å²) in [6, 6.07) is -25.0. The summed E-state index contributed by atoms with van der Waals surface area (Å²) in [7, 11) is 0. The number of benzene rings is 10. The van der Waals surface area contributed by atoms with E-state index in [2.05, 4.69) is 0 Å². The zero-order valence-corrected chi connectivity index (χ0v) is 25.5. The van der Waals surface area contributed by atoms with Gasteiger partial charge < -0.3 is 4.42 Å². The second-order valence-electron chi connectivity index (χ2n) is 11.3. The van der Waals surface area contributed by atoms with Crippen LogP contribution in [-0.2, 0) is 0 Å². The Bertz CT molecular complexity index is 4860. The SMILES string of the molecule is [2H]c1cc2c(-c3c([2H])c([2H])c(-c4c([2H])c([2H])c([2H])c5c([2H])c([2H])c([2H])c([2H])c45)c4c([2H])c([2H])c([2H])c([2H])c34)c3c([2H])c([2H])c([2H])c([2H])c3c(-c3c([2H])c([2H])c4oc5c([2H])c6c([2H])c([2H])c([2H])c([2H])c6c([2H])c5c4c3[2H])c2c([2H])c1[2H]. The van der Waals surface area contributed by atoms with Crippen molar-refractivity contribution in [2.45, 2.75) is 0 Å². The van der Waals surface area contributed by atoms with E-state index in [0.29, 0.717) is 0 Å². The molecule has 0 aliphatic heterocycles. The lowest BCUT2D eigenvalue weighted by atomic mass is 9.83.